The minimum atomic E-state index is -0.909. The van der Waals surface area contributed by atoms with Crippen LogP contribution in [0.2, 0.25) is 0 Å². The summed E-state index contributed by atoms with van der Waals surface area (Å²) in [7, 11) is 5.65. The summed E-state index contributed by atoms with van der Waals surface area (Å²) in [4.78, 5) is 15.0. The molecule has 0 unspecified atom stereocenters. The van der Waals surface area contributed by atoms with Gasteiger partial charge in [-0.25, -0.2) is 4.79 Å². The number of thiophene rings is 1. The van der Waals surface area contributed by atoms with Crippen molar-refractivity contribution in [3.05, 3.63) is 47.0 Å². The van der Waals surface area contributed by atoms with Gasteiger partial charge in [-0.15, -0.1) is 11.3 Å². The first kappa shape index (κ1) is 19.5. The number of hydrogen-bond acceptors (Lipinski definition) is 5. The smallest absolute Gasteiger partial charge is 0.352 e. The molecule has 152 valence electrons. The number of nitrogens with zero attached hydrogens (tertiary/aromatic N) is 2. The van der Waals surface area contributed by atoms with Crippen molar-refractivity contribution in [3.8, 4) is 33.2 Å². The second-order valence-corrected chi connectivity index (χ2v) is 8.24. The number of fused-ring (bicyclic) bond motifs is 3. The van der Waals surface area contributed by atoms with Crippen LogP contribution in [-0.2, 0) is 13.0 Å². The van der Waals surface area contributed by atoms with Crippen LogP contribution in [-0.4, -0.2) is 54.9 Å². The molecular formula is C22H24N2O4S. The van der Waals surface area contributed by atoms with Crippen molar-refractivity contribution in [1.29, 1.82) is 0 Å². The number of aryl methyl sites for hydroxylation is 1. The summed E-state index contributed by atoms with van der Waals surface area (Å²) >= 11 is 1.61. The quantitative estimate of drug-likeness (QED) is 0.633. The topological polar surface area (TPSA) is 63.9 Å². The van der Waals surface area contributed by atoms with Gasteiger partial charge in [-0.2, -0.15) is 0 Å². The Hall–Kier alpha value is -2.77. The molecule has 1 aliphatic heterocycles. The third-order valence-electron chi connectivity index (χ3n) is 5.15. The highest BCUT2D eigenvalue weighted by Gasteiger charge is 2.28. The number of rotatable bonds is 7. The number of hydrogen-bond donors (Lipinski definition) is 1. The summed E-state index contributed by atoms with van der Waals surface area (Å²) in [6.07, 6.45) is 0.746. The molecule has 0 spiro atoms. The highest BCUT2D eigenvalue weighted by atomic mass is 32.1. The fraction of sp³-hybridized carbons (Fsp3) is 0.318. The van der Waals surface area contributed by atoms with E-state index >= 15 is 0 Å². The molecule has 1 N–H and O–H groups in total. The highest BCUT2D eigenvalue weighted by Crippen LogP contribution is 2.45. The average Bonchev–Trinajstić information content (AvgIpc) is 3.34. The lowest BCUT2D eigenvalue weighted by atomic mass is 9.95. The molecule has 0 radical (unpaired) electrons. The van der Waals surface area contributed by atoms with Crippen molar-refractivity contribution >= 4 is 17.3 Å². The first-order valence-electron chi connectivity index (χ1n) is 9.49. The number of carbonyl (C=O) groups is 1. The van der Waals surface area contributed by atoms with Gasteiger partial charge >= 0.3 is 5.97 Å². The standard InChI is InChI=1S/C22H24N2O4S/c1-23(2)8-9-28-19-13-15-14(11-18(19)27-3)6-7-24-17(22(25)26)12-16(21(15)24)20-5-4-10-29-20/h4-5,10-13H,6-9H2,1-3H3,(H,25,26). The number of ether oxygens (including phenoxy) is 2. The summed E-state index contributed by atoms with van der Waals surface area (Å²) in [5.74, 6) is 0.476. The molecular weight excluding hydrogens is 388 g/mol. The highest BCUT2D eigenvalue weighted by molar-refractivity contribution is 7.13. The van der Waals surface area contributed by atoms with Gasteiger partial charge in [0.25, 0.3) is 0 Å². The van der Waals surface area contributed by atoms with Crippen LogP contribution in [0.15, 0.2) is 35.7 Å². The van der Waals surface area contributed by atoms with Gasteiger partial charge in [-0.1, -0.05) is 6.07 Å². The van der Waals surface area contributed by atoms with Crippen LogP contribution in [0.1, 0.15) is 16.1 Å². The minimum Gasteiger partial charge on any atom is -0.493 e. The monoisotopic (exact) mass is 412 g/mol. The Morgan fingerprint density at radius 2 is 2.07 bits per heavy atom. The number of benzene rings is 1. The number of aromatic nitrogens is 1. The van der Waals surface area contributed by atoms with E-state index in [4.69, 9.17) is 9.47 Å². The minimum absolute atomic E-state index is 0.319. The molecule has 6 nitrogen and oxygen atoms in total. The Bertz CT molecular complexity index is 1040. The van der Waals surface area contributed by atoms with Crippen molar-refractivity contribution in [2.45, 2.75) is 13.0 Å². The maximum atomic E-state index is 11.9. The van der Waals surface area contributed by atoms with E-state index in [9.17, 15) is 9.90 Å². The Balaban J connectivity index is 1.85. The molecule has 29 heavy (non-hydrogen) atoms. The Kier molecular flexibility index (Phi) is 5.34. The van der Waals surface area contributed by atoms with E-state index in [-0.39, 0.29) is 0 Å². The van der Waals surface area contributed by atoms with Crippen LogP contribution in [0.5, 0.6) is 11.5 Å². The first-order chi connectivity index (χ1) is 14.0. The Morgan fingerprint density at radius 1 is 1.24 bits per heavy atom. The van der Waals surface area contributed by atoms with E-state index in [1.807, 2.05) is 48.3 Å². The Labute approximate surface area is 173 Å². The largest absolute Gasteiger partial charge is 0.493 e. The molecule has 0 atom stereocenters. The van der Waals surface area contributed by atoms with Gasteiger partial charge in [0.2, 0.25) is 0 Å². The number of likely N-dealkylation sites (N-methyl/N-ethyl adjacent to an activating group) is 1. The molecule has 0 amide bonds. The van der Waals surface area contributed by atoms with Crippen LogP contribution < -0.4 is 9.47 Å². The van der Waals surface area contributed by atoms with Gasteiger partial charge < -0.3 is 24.0 Å². The fourth-order valence-corrected chi connectivity index (χ4v) is 4.48. The molecule has 0 fully saturated rings. The zero-order valence-electron chi connectivity index (χ0n) is 16.8. The normalized spacial score (nSPS) is 12.6. The van der Waals surface area contributed by atoms with Crippen molar-refractivity contribution in [2.24, 2.45) is 0 Å². The lowest BCUT2D eigenvalue weighted by Crippen LogP contribution is -2.20. The fourth-order valence-electron chi connectivity index (χ4n) is 3.74. The maximum absolute atomic E-state index is 11.9. The summed E-state index contributed by atoms with van der Waals surface area (Å²) in [6, 6.07) is 9.82. The number of aromatic carboxylic acids is 1. The third kappa shape index (κ3) is 3.63. The number of methoxy groups -OCH3 is 1. The molecule has 1 aliphatic rings. The van der Waals surface area contributed by atoms with Crippen molar-refractivity contribution < 1.29 is 19.4 Å². The molecule has 0 saturated carbocycles. The molecule has 3 aromatic rings. The van der Waals surface area contributed by atoms with E-state index in [0.29, 0.717) is 30.3 Å². The average molecular weight is 413 g/mol. The van der Waals surface area contributed by atoms with Gasteiger partial charge in [-0.3, -0.25) is 0 Å². The van der Waals surface area contributed by atoms with Gasteiger partial charge in [0.15, 0.2) is 11.5 Å². The predicted octanol–water partition coefficient (Wildman–Crippen LogP) is 4.09. The van der Waals surface area contributed by atoms with Crippen molar-refractivity contribution in [3.63, 3.8) is 0 Å². The van der Waals surface area contributed by atoms with Crippen molar-refractivity contribution in [2.75, 3.05) is 34.4 Å². The molecule has 0 bridgehead atoms. The number of carboxylic acid groups (broad SMARTS) is 1. The van der Waals surface area contributed by atoms with E-state index in [1.165, 1.54) is 0 Å². The molecule has 3 heterocycles. The van der Waals surface area contributed by atoms with E-state index < -0.39 is 5.97 Å². The number of carboxylic acids is 1. The second-order valence-electron chi connectivity index (χ2n) is 7.29. The summed E-state index contributed by atoms with van der Waals surface area (Å²) in [5.41, 5.74) is 4.35. The molecule has 0 aliphatic carbocycles. The zero-order chi connectivity index (χ0) is 20.5. The van der Waals surface area contributed by atoms with Gasteiger partial charge in [-0.05, 0) is 55.7 Å². The molecule has 2 aromatic heterocycles. The van der Waals surface area contributed by atoms with Crippen LogP contribution in [0, 0.1) is 0 Å². The van der Waals surface area contributed by atoms with E-state index in [1.54, 1.807) is 24.5 Å². The second kappa shape index (κ2) is 7.93. The van der Waals surface area contributed by atoms with Gasteiger partial charge in [0.05, 0.1) is 12.8 Å². The van der Waals surface area contributed by atoms with Crippen LogP contribution in [0.3, 0.4) is 0 Å². The summed E-state index contributed by atoms with van der Waals surface area (Å²) < 4.78 is 13.5. The van der Waals surface area contributed by atoms with Crippen LogP contribution in [0.4, 0.5) is 0 Å². The predicted molar refractivity (Wildman–Crippen MR) is 114 cm³/mol. The molecule has 1 aromatic carbocycles. The van der Waals surface area contributed by atoms with Gasteiger partial charge in [0.1, 0.15) is 12.3 Å². The SMILES string of the molecule is COc1cc2c(cc1OCCN(C)C)-c1c(-c3cccs3)cc(C(=O)O)n1CC2. The summed E-state index contributed by atoms with van der Waals surface area (Å²) in [5, 5.41) is 11.7. The summed E-state index contributed by atoms with van der Waals surface area (Å²) in [6.45, 7) is 1.96. The molecule has 7 heteroatoms. The Morgan fingerprint density at radius 3 is 2.72 bits per heavy atom. The third-order valence-corrected chi connectivity index (χ3v) is 6.05. The zero-order valence-corrected chi connectivity index (χ0v) is 17.6. The van der Waals surface area contributed by atoms with Crippen LogP contribution in [0.25, 0.3) is 21.7 Å². The van der Waals surface area contributed by atoms with Crippen molar-refractivity contribution in [1.82, 2.24) is 9.47 Å². The van der Waals surface area contributed by atoms with Gasteiger partial charge in [0, 0.05) is 29.1 Å². The van der Waals surface area contributed by atoms with E-state index in [0.717, 1.165) is 40.2 Å². The van der Waals surface area contributed by atoms with E-state index in [2.05, 4.69) is 4.90 Å². The molecule has 4 rings (SSSR count). The molecule has 0 saturated heterocycles. The van der Waals surface area contributed by atoms with Crippen LogP contribution >= 0.6 is 11.3 Å². The lowest BCUT2D eigenvalue weighted by molar-refractivity contribution is 0.0685. The first-order valence-corrected chi connectivity index (χ1v) is 10.4. The lowest BCUT2D eigenvalue weighted by Gasteiger charge is -2.24. The maximum Gasteiger partial charge on any atom is 0.352 e.